The van der Waals surface area contributed by atoms with Crippen LogP contribution >= 0.6 is 0 Å². The van der Waals surface area contributed by atoms with E-state index in [0.29, 0.717) is 0 Å². The first kappa shape index (κ1) is 10.7. The zero-order valence-corrected chi connectivity index (χ0v) is 9.74. The van der Waals surface area contributed by atoms with Crippen molar-refractivity contribution in [1.29, 1.82) is 0 Å². The standard InChI is InChI=1S/C12H15N3O/c1-4-11-13-12(16)14-15(11)10-6-8(2)5-9(3)7-10/h5-7H,4H2,1-3H3,(H,14,16). The van der Waals surface area contributed by atoms with Crippen molar-refractivity contribution < 1.29 is 0 Å². The van der Waals surface area contributed by atoms with Crippen molar-refractivity contribution in [2.75, 3.05) is 0 Å². The van der Waals surface area contributed by atoms with Gasteiger partial charge in [0, 0.05) is 6.42 Å². The van der Waals surface area contributed by atoms with Gasteiger partial charge in [-0.25, -0.2) is 14.6 Å². The number of aryl methyl sites for hydroxylation is 3. The molecular formula is C12H15N3O. The second kappa shape index (κ2) is 3.96. The van der Waals surface area contributed by atoms with Crippen molar-refractivity contribution >= 4 is 0 Å². The molecule has 0 aliphatic carbocycles. The lowest BCUT2D eigenvalue weighted by molar-refractivity contribution is 0.795. The summed E-state index contributed by atoms with van der Waals surface area (Å²) in [6.45, 7) is 6.06. The second-order valence-corrected chi connectivity index (χ2v) is 3.98. The van der Waals surface area contributed by atoms with Crippen LogP contribution in [0.25, 0.3) is 5.69 Å². The summed E-state index contributed by atoms with van der Waals surface area (Å²) in [6, 6.07) is 6.16. The molecule has 0 aliphatic rings. The fourth-order valence-corrected chi connectivity index (χ4v) is 1.88. The van der Waals surface area contributed by atoms with Gasteiger partial charge in [0.2, 0.25) is 0 Å². The van der Waals surface area contributed by atoms with Crippen LogP contribution in [0.4, 0.5) is 0 Å². The number of aromatic amines is 1. The van der Waals surface area contributed by atoms with Crippen LogP contribution in [-0.2, 0) is 6.42 Å². The fraction of sp³-hybridized carbons (Fsp3) is 0.333. The summed E-state index contributed by atoms with van der Waals surface area (Å²) >= 11 is 0. The van der Waals surface area contributed by atoms with Crippen molar-refractivity contribution in [2.24, 2.45) is 0 Å². The van der Waals surface area contributed by atoms with Gasteiger partial charge in [-0.1, -0.05) is 13.0 Å². The number of hydrogen-bond acceptors (Lipinski definition) is 2. The molecule has 1 heterocycles. The van der Waals surface area contributed by atoms with Crippen LogP contribution in [-0.4, -0.2) is 14.8 Å². The molecule has 0 fully saturated rings. The molecule has 0 saturated carbocycles. The zero-order chi connectivity index (χ0) is 11.7. The molecule has 2 rings (SSSR count). The van der Waals surface area contributed by atoms with Gasteiger partial charge in [-0.05, 0) is 37.1 Å². The molecule has 0 unspecified atom stereocenters. The van der Waals surface area contributed by atoms with E-state index >= 15 is 0 Å². The first-order valence-corrected chi connectivity index (χ1v) is 5.36. The molecule has 1 N–H and O–H groups in total. The number of benzene rings is 1. The molecule has 0 amide bonds. The molecule has 0 atom stereocenters. The highest BCUT2D eigenvalue weighted by atomic mass is 16.1. The third-order valence-electron chi connectivity index (χ3n) is 2.48. The number of nitrogens with one attached hydrogen (secondary N) is 1. The number of hydrogen-bond donors (Lipinski definition) is 1. The second-order valence-electron chi connectivity index (χ2n) is 3.98. The molecule has 4 heteroatoms. The molecule has 16 heavy (non-hydrogen) atoms. The number of H-pyrrole nitrogens is 1. The van der Waals surface area contributed by atoms with Crippen LogP contribution < -0.4 is 5.69 Å². The van der Waals surface area contributed by atoms with Crippen molar-refractivity contribution in [3.8, 4) is 5.69 Å². The van der Waals surface area contributed by atoms with Gasteiger partial charge in [0.05, 0.1) is 5.69 Å². The van der Waals surface area contributed by atoms with Crippen molar-refractivity contribution in [2.45, 2.75) is 27.2 Å². The van der Waals surface area contributed by atoms with Crippen LogP contribution in [0.5, 0.6) is 0 Å². The summed E-state index contributed by atoms with van der Waals surface area (Å²) in [6.07, 6.45) is 0.728. The minimum atomic E-state index is -0.295. The quantitative estimate of drug-likeness (QED) is 0.833. The summed E-state index contributed by atoms with van der Waals surface area (Å²) in [5.74, 6) is 0.759. The molecule has 0 saturated heterocycles. The van der Waals surface area contributed by atoms with Crippen LogP contribution in [0.1, 0.15) is 23.9 Å². The minimum Gasteiger partial charge on any atom is -0.244 e. The maximum Gasteiger partial charge on any atom is 0.361 e. The number of aromatic nitrogens is 3. The predicted octanol–water partition coefficient (Wildman–Crippen LogP) is 1.74. The summed E-state index contributed by atoms with van der Waals surface area (Å²) < 4.78 is 1.75. The van der Waals surface area contributed by atoms with Gasteiger partial charge < -0.3 is 0 Å². The molecule has 0 bridgehead atoms. The van der Waals surface area contributed by atoms with Crippen LogP contribution in [0.2, 0.25) is 0 Å². The van der Waals surface area contributed by atoms with Gasteiger partial charge in [0.15, 0.2) is 0 Å². The van der Waals surface area contributed by atoms with E-state index in [1.54, 1.807) is 4.68 Å². The Labute approximate surface area is 93.9 Å². The first-order chi connectivity index (χ1) is 7.60. The molecule has 0 spiro atoms. The summed E-state index contributed by atoms with van der Waals surface area (Å²) in [4.78, 5) is 15.1. The predicted molar refractivity (Wildman–Crippen MR) is 63.0 cm³/mol. The Hall–Kier alpha value is -1.84. The Kier molecular flexibility index (Phi) is 2.64. The smallest absolute Gasteiger partial charge is 0.244 e. The molecule has 4 nitrogen and oxygen atoms in total. The SMILES string of the molecule is CCc1nc(=O)[nH]n1-c1cc(C)cc(C)c1. The molecule has 2 aromatic rings. The van der Waals surface area contributed by atoms with Gasteiger partial charge in [0.1, 0.15) is 5.82 Å². The fourth-order valence-electron chi connectivity index (χ4n) is 1.88. The average Bonchev–Trinajstić information content (AvgIpc) is 2.58. The van der Waals surface area contributed by atoms with Crippen molar-refractivity contribution in [3.05, 3.63) is 45.6 Å². The van der Waals surface area contributed by atoms with Crippen molar-refractivity contribution in [1.82, 2.24) is 14.8 Å². The third-order valence-corrected chi connectivity index (χ3v) is 2.48. The van der Waals surface area contributed by atoms with Crippen LogP contribution in [0.3, 0.4) is 0 Å². The topological polar surface area (TPSA) is 50.7 Å². The average molecular weight is 217 g/mol. The van der Waals surface area contributed by atoms with E-state index in [9.17, 15) is 4.79 Å². The summed E-state index contributed by atoms with van der Waals surface area (Å²) in [5.41, 5.74) is 3.01. The highest BCUT2D eigenvalue weighted by molar-refractivity contribution is 5.39. The normalized spacial score (nSPS) is 10.7. The van der Waals surface area contributed by atoms with Gasteiger partial charge in [-0.2, -0.15) is 4.98 Å². The van der Waals surface area contributed by atoms with Gasteiger partial charge in [-0.15, -0.1) is 0 Å². The monoisotopic (exact) mass is 217 g/mol. The van der Waals surface area contributed by atoms with E-state index in [0.717, 1.165) is 17.9 Å². The van der Waals surface area contributed by atoms with Gasteiger partial charge in [-0.3, -0.25) is 0 Å². The minimum absolute atomic E-state index is 0.295. The maximum absolute atomic E-state index is 11.2. The van der Waals surface area contributed by atoms with Crippen molar-refractivity contribution in [3.63, 3.8) is 0 Å². The van der Waals surface area contributed by atoms with E-state index in [-0.39, 0.29) is 5.69 Å². The largest absolute Gasteiger partial charge is 0.361 e. The number of rotatable bonds is 2. The van der Waals surface area contributed by atoms with Gasteiger partial charge in [0.25, 0.3) is 0 Å². The number of nitrogens with zero attached hydrogens (tertiary/aromatic N) is 2. The Morgan fingerprint density at radius 1 is 1.25 bits per heavy atom. The summed E-state index contributed by atoms with van der Waals surface area (Å²) in [5, 5.41) is 2.72. The van der Waals surface area contributed by atoms with Crippen LogP contribution in [0.15, 0.2) is 23.0 Å². The third kappa shape index (κ3) is 1.91. The highest BCUT2D eigenvalue weighted by Crippen LogP contribution is 2.13. The van der Waals surface area contributed by atoms with E-state index in [1.165, 1.54) is 11.1 Å². The molecule has 0 aliphatic heterocycles. The van der Waals surface area contributed by atoms with E-state index in [2.05, 4.69) is 16.1 Å². The van der Waals surface area contributed by atoms with E-state index in [4.69, 9.17) is 0 Å². The van der Waals surface area contributed by atoms with E-state index in [1.807, 2.05) is 32.9 Å². The highest BCUT2D eigenvalue weighted by Gasteiger charge is 2.06. The lowest BCUT2D eigenvalue weighted by atomic mass is 10.1. The molecule has 1 aromatic carbocycles. The lowest BCUT2D eigenvalue weighted by Gasteiger charge is -2.07. The Morgan fingerprint density at radius 3 is 2.44 bits per heavy atom. The van der Waals surface area contributed by atoms with Gasteiger partial charge >= 0.3 is 5.69 Å². The lowest BCUT2D eigenvalue weighted by Crippen LogP contribution is -2.06. The first-order valence-electron chi connectivity index (χ1n) is 5.36. The van der Waals surface area contributed by atoms with E-state index < -0.39 is 0 Å². The molecular weight excluding hydrogens is 202 g/mol. The maximum atomic E-state index is 11.2. The summed E-state index contributed by atoms with van der Waals surface area (Å²) in [7, 11) is 0. The zero-order valence-electron chi connectivity index (χ0n) is 9.74. The Bertz CT molecular complexity index is 546. The Morgan fingerprint density at radius 2 is 1.88 bits per heavy atom. The molecule has 84 valence electrons. The molecule has 1 aromatic heterocycles. The van der Waals surface area contributed by atoms with Crippen LogP contribution in [0, 0.1) is 13.8 Å². The Balaban J connectivity index is 2.61. The molecule has 0 radical (unpaired) electrons.